The maximum atomic E-state index is 12.1. The predicted octanol–water partition coefficient (Wildman–Crippen LogP) is 3.71. The second-order valence-corrected chi connectivity index (χ2v) is 6.61. The Morgan fingerprint density at radius 1 is 1.36 bits per heavy atom. The molecule has 0 spiro atoms. The molecular formula is C15H15ClN4OS. The quantitative estimate of drug-likeness (QED) is 0.794. The summed E-state index contributed by atoms with van der Waals surface area (Å²) in [4.78, 5) is 16.6. The lowest BCUT2D eigenvalue weighted by Crippen LogP contribution is -2.20. The summed E-state index contributed by atoms with van der Waals surface area (Å²) in [7, 11) is 0. The van der Waals surface area contributed by atoms with Crippen molar-refractivity contribution < 1.29 is 4.79 Å². The van der Waals surface area contributed by atoms with E-state index < -0.39 is 0 Å². The van der Waals surface area contributed by atoms with Crippen LogP contribution in [0.25, 0.3) is 10.2 Å². The van der Waals surface area contributed by atoms with Crippen LogP contribution in [0.3, 0.4) is 0 Å². The van der Waals surface area contributed by atoms with E-state index in [1.165, 1.54) is 11.3 Å². The topological polar surface area (TPSA) is 59.8 Å². The molecule has 3 rings (SSSR count). The molecule has 3 aromatic rings. The Labute approximate surface area is 136 Å². The number of nitrogens with zero attached hydrogens (tertiary/aromatic N) is 3. The van der Waals surface area contributed by atoms with Gasteiger partial charge in [-0.2, -0.15) is 5.10 Å². The number of fused-ring (bicyclic) bond motifs is 1. The van der Waals surface area contributed by atoms with Crippen molar-refractivity contribution >= 4 is 44.2 Å². The van der Waals surface area contributed by atoms with Gasteiger partial charge < -0.3 is 5.32 Å². The van der Waals surface area contributed by atoms with E-state index >= 15 is 0 Å². The summed E-state index contributed by atoms with van der Waals surface area (Å²) >= 11 is 7.53. The summed E-state index contributed by atoms with van der Waals surface area (Å²) in [6.45, 7) is 5.93. The third-order valence-corrected chi connectivity index (χ3v) is 4.74. The number of amides is 1. The van der Waals surface area contributed by atoms with Crippen molar-refractivity contribution in [2.45, 2.75) is 27.3 Å². The fraction of sp³-hybridized carbons (Fsp3) is 0.267. The number of anilines is 1. The minimum atomic E-state index is -0.144. The first kappa shape index (κ1) is 15.0. The summed E-state index contributed by atoms with van der Waals surface area (Å²) in [6, 6.07) is 5.70. The number of nitrogens with one attached hydrogen (secondary N) is 1. The Balaban J connectivity index is 1.79. The smallest absolute Gasteiger partial charge is 0.247 e. The lowest BCUT2D eigenvalue weighted by molar-refractivity contribution is -0.116. The third-order valence-electron chi connectivity index (χ3n) is 3.39. The van der Waals surface area contributed by atoms with Gasteiger partial charge in [-0.3, -0.25) is 9.48 Å². The Morgan fingerprint density at radius 2 is 2.14 bits per heavy atom. The fourth-order valence-electron chi connectivity index (χ4n) is 2.28. The van der Waals surface area contributed by atoms with Crippen molar-refractivity contribution in [3.8, 4) is 0 Å². The molecule has 1 amide bonds. The highest BCUT2D eigenvalue weighted by molar-refractivity contribution is 7.22. The van der Waals surface area contributed by atoms with E-state index in [2.05, 4.69) is 15.4 Å². The second-order valence-electron chi connectivity index (χ2n) is 5.17. The van der Waals surface area contributed by atoms with Crippen molar-refractivity contribution in [2.75, 3.05) is 5.32 Å². The molecule has 7 heteroatoms. The highest BCUT2D eigenvalue weighted by Gasteiger charge is 2.12. The van der Waals surface area contributed by atoms with Crippen LogP contribution in [0.1, 0.15) is 17.0 Å². The van der Waals surface area contributed by atoms with E-state index in [0.29, 0.717) is 10.2 Å². The maximum absolute atomic E-state index is 12.1. The number of benzene rings is 1. The van der Waals surface area contributed by atoms with Crippen molar-refractivity contribution in [1.29, 1.82) is 0 Å². The van der Waals surface area contributed by atoms with Crippen LogP contribution >= 0.6 is 22.9 Å². The molecular weight excluding hydrogens is 320 g/mol. The monoisotopic (exact) mass is 334 g/mol. The van der Waals surface area contributed by atoms with Crippen molar-refractivity contribution in [1.82, 2.24) is 14.8 Å². The third kappa shape index (κ3) is 2.84. The van der Waals surface area contributed by atoms with Crippen LogP contribution in [0.4, 0.5) is 5.13 Å². The molecule has 5 nitrogen and oxygen atoms in total. The maximum Gasteiger partial charge on any atom is 0.247 e. The number of aryl methyl sites for hydroxylation is 3. The molecule has 1 N–H and O–H groups in total. The number of carbonyl (C=O) groups excluding carboxylic acids is 1. The van der Waals surface area contributed by atoms with Crippen LogP contribution in [-0.4, -0.2) is 20.7 Å². The first-order valence-corrected chi connectivity index (χ1v) is 8.00. The molecule has 0 atom stereocenters. The molecule has 2 aromatic heterocycles. The second kappa shape index (κ2) is 5.70. The summed E-state index contributed by atoms with van der Waals surface area (Å²) in [5, 5.41) is 8.36. The molecule has 0 aliphatic rings. The van der Waals surface area contributed by atoms with Gasteiger partial charge in [-0.15, -0.1) is 0 Å². The van der Waals surface area contributed by atoms with Crippen LogP contribution < -0.4 is 5.32 Å². The number of carbonyl (C=O) groups is 1. The predicted molar refractivity (Wildman–Crippen MR) is 89.7 cm³/mol. The van der Waals surface area contributed by atoms with Gasteiger partial charge in [0.25, 0.3) is 0 Å². The van der Waals surface area contributed by atoms with Gasteiger partial charge in [0.05, 0.1) is 15.9 Å². The van der Waals surface area contributed by atoms with Crippen LogP contribution in [-0.2, 0) is 11.3 Å². The molecule has 0 aliphatic carbocycles. The molecule has 0 bridgehead atoms. The van der Waals surface area contributed by atoms with E-state index in [1.807, 2.05) is 39.0 Å². The SMILES string of the molecule is Cc1cc(C)n(CC(=O)Nc2nc3c(C)c(Cl)ccc3s2)n1. The average molecular weight is 335 g/mol. The average Bonchev–Trinajstić information content (AvgIpc) is 2.98. The molecule has 0 fully saturated rings. The molecule has 22 heavy (non-hydrogen) atoms. The molecule has 0 unspecified atom stereocenters. The molecule has 2 heterocycles. The van der Waals surface area contributed by atoms with Gasteiger partial charge in [-0.25, -0.2) is 4.98 Å². The molecule has 0 saturated carbocycles. The van der Waals surface area contributed by atoms with Gasteiger partial charge in [0.2, 0.25) is 5.91 Å². The lowest BCUT2D eigenvalue weighted by Gasteiger charge is -2.03. The fourth-order valence-corrected chi connectivity index (χ4v) is 3.38. The normalized spacial score (nSPS) is 11.1. The van der Waals surface area contributed by atoms with Crippen molar-refractivity contribution in [2.24, 2.45) is 0 Å². The molecule has 0 saturated heterocycles. The van der Waals surface area contributed by atoms with Gasteiger partial charge in [-0.1, -0.05) is 22.9 Å². The highest BCUT2D eigenvalue weighted by atomic mass is 35.5. The Morgan fingerprint density at radius 3 is 2.82 bits per heavy atom. The van der Waals surface area contributed by atoms with Gasteiger partial charge in [0.15, 0.2) is 5.13 Å². The van der Waals surface area contributed by atoms with E-state index in [9.17, 15) is 4.79 Å². The van der Waals surface area contributed by atoms with Crippen LogP contribution in [0.2, 0.25) is 5.02 Å². The lowest BCUT2D eigenvalue weighted by atomic mass is 10.2. The standard InChI is InChI=1S/C15H15ClN4OS/c1-8-6-9(2)20(19-8)7-13(21)17-15-18-14-10(3)11(16)4-5-12(14)22-15/h4-6H,7H2,1-3H3,(H,17,18,21). The minimum Gasteiger partial charge on any atom is -0.300 e. The van der Waals surface area contributed by atoms with Crippen molar-refractivity contribution in [3.05, 3.63) is 40.2 Å². The zero-order valence-electron chi connectivity index (χ0n) is 12.5. The zero-order valence-corrected chi connectivity index (χ0v) is 14.0. The Hall–Kier alpha value is -1.92. The number of hydrogen-bond acceptors (Lipinski definition) is 4. The number of thiazole rings is 1. The number of halogens is 1. The first-order valence-electron chi connectivity index (χ1n) is 6.80. The molecule has 0 aliphatic heterocycles. The molecule has 114 valence electrons. The van der Waals surface area contributed by atoms with Gasteiger partial charge >= 0.3 is 0 Å². The largest absolute Gasteiger partial charge is 0.300 e. The Bertz CT molecular complexity index is 868. The molecule has 1 aromatic carbocycles. The Kier molecular flexibility index (Phi) is 3.88. The highest BCUT2D eigenvalue weighted by Crippen LogP contribution is 2.31. The van der Waals surface area contributed by atoms with E-state index in [4.69, 9.17) is 11.6 Å². The van der Waals surface area contributed by atoms with E-state index in [1.54, 1.807) is 4.68 Å². The summed E-state index contributed by atoms with van der Waals surface area (Å²) in [5.74, 6) is -0.144. The van der Waals surface area contributed by atoms with Crippen LogP contribution in [0, 0.1) is 20.8 Å². The summed E-state index contributed by atoms with van der Waals surface area (Å²) in [6.07, 6.45) is 0. The zero-order chi connectivity index (χ0) is 15.9. The number of hydrogen-bond donors (Lipinski definition) is 1. The summed E-state index contributed by atoms with van der Waals surface area (Å²) in [5.41, 5.74) is 3.61. The minimum absolute atomic E-state index is 0.144. The number of rotatable bonds is 3. The number of aromatic nitrogens is 3. The van der Waals surface area contributed by atoms with E-state index in [-0.39, 0.29) is 12.5 Å². The molecule has 0 radical (unpaired) electrons. The van der Waals surface area contributed by atoms with Crippen LogP contribution in [0.5, 0.6) is 0 Å². The van der Waals surface area contributed by atoms with Crippen LogP contribution in [0.15, 0.2) is 18.2 Å². The summed E-state index contributed by atoms with van der Waals surface area (Å²) < 4.78 is 2.68. The first-order chi connectivity index (χ1) is 10.4. The van der Waals surface area contributed by atoms with Gasteiger partial charge in [0, 0.05) is 10.7 Å². The van der Waals surface area contributed by atoms with Gasteiger partial charge in [-0.05, 0) is 44.5 Å². The van der Waals surface area contributed by atoms with Gasteiger partial charge in [0.1, 0.15) is 6.54 Å². The van der Waals surface area contributed by atoms with Crippen molar-refractivity contribution in [3.63, 3.8) is 0 Å². The van der Waals surface area contributed by atoms with E-state index in [0.717, 1.165) is 27.2 Å².